The Morgan fingerprint density at radius 2 is 1.43 bits per heavy atom. The van der Waals surface area contributed by atoms with E-state index in [1.165, 1.54) is 109 Å². The van der Waals surface area contributed by atoms with Crippen molar-refractivity contribution in [3.8, 4) is 0 Å². The summed E-state index contributed by atoms with van der Waals surface area (Å²) >= 11 is 0. The van der Waals surface area contributed by atoms with Crippen molar-refractivity contribution >= 4 is 19.9 Å². The maximum atomic E-state index is 10.1. The minimum atomic E-state index is -1.86. The first-order valence-corrected chi connectivity index (χ1v) is 17.3. The van der Waals surface area contributed by atoms with E-state index in [4.69, 9.17) is 19.5 Å². The van der Waals surface area contributed by atoms with Gasteiger partial charge in [0.15, 0.2) is 5.82 Å². The molecule has 0 radical (unpaired) electrons. The van der Waals surface area contributed by atoms with Crippen molar-refractivity contribution in [1.29, 1.82) is 0 Å². The molecule has 9 heteroatoms. The van der Waals surface area contributed by atoms with Crippen molar-refractivity contribution in [3.05, 3.63) is 24.2 Å². The van der Waals surface area contributed by atoms with Crippen LogP contribution < -0.4 is 5.73 Å². The highest BCUT2D eigenvalue weighted by atomic mass is 31.2. The lowest BCUT2D eigenvalue weighted by molar-refractivity contribution is 0.0103. The van der Waals surface area contributed by atoms with Gasteiger partial charge in [0.1, 0.15) is 17.9 Å². The first-order chi connectivity index (χ1) is 19.7. The van der Waals surface area contributed by atoms with E-state index in [1.54, 1.807) is 4.52 Å². The summed E-state index contributed by atoms with van der Waals surface area (Å²) in [6.45, 7) is 3.16. The van der Waals surface area contributed by atoms with Gasteiger partial charge in [-0.05, 0) is 31.4 Å². The quantitative estimate of drug-likeness (QED) is 0.0947. The Labute approximate surface area is 243 Å². The van der Waals surface area contributed by atoms with Crippen LogP contribution in [0, 0.1) is 0 Å². The average molecular weight is 579 g/mol. The van der Waals surface area contributed by atoms with E-state index in [2.05, 4.69) is 17.0 Å². The molecular formula is C31H55N4O4P. The maximum absolute atomic E-state index is 10.1. The van der Waals surface area contributed by atoms with Gasteiger partial charge in [0.25, 0.3) is 0 Å². The van der Waals surface area contributed by atoms with Gasteiger partial charge < -0.3 is 24.4 Å². The number of rotatable bonds is 24. The monoisotopic (exact) mass is 578 g/mol. The molecule has 3 unspecified atom stereocenters. The Kier molecular flexibility index (Phi) is 17.1. The van der Waals surface area contributed by atoms with Gasteiger partial charge in [-0.2, -0.15) is 5.10 Å². The second kappa shape index (κ2) is 20.5. The minimum absolute atomic E-state index is 0.0689. The molecule has 40 heavy (non-hydrogen) atoms. The zero-order valence-corrected chi connectivity index (χ0v) is 25.9. The second-order valence-corrected chi connectivity index (χ2v) is 12.4. The number of nitrogens with zero attached hydrogens (tertiary/aromatic N) is 3. The van der Waals surface area contributed by atoms with Gasteiger partial charge in [0.05, 0.1) is 25.0 Å². The minimum Gasteiger partial charge on any atom is -0.382 e. The summed E-state index contributed by atoms with van der Waals surface area (Å²) in [6, 6.07) is 3.90. The number of nitrogen functional groups attached to an aromatic ring is 1. The lowest BCUT2D eigenvalue weighted by atomic mass is 10.0. The molecule has 1 aliphatic rings. The predicted molar refractivity (Wildman–Crippen MR) is 164 cm³/mol. The number of anilines is 1. The smallest absolute Gasteiger partial charge is 0.329 e. The van der Waals surface area contributed by atoms with Crippen LogP contribution in [0.1, 0.15) is 147 Å². The average Bonchev–Trinajstić information content (AvgIpc) is 3.61. The molecule has 0 bridgehead atoms. The first kappa shape index (κ1) is 33.2. The number of aromatic nitrogens is 3. The SMILES string of the molecule is CCCCCCCCCCCCCCCCCCCCOP(O)OCC1CCC(c2ccc3c(N)ncnn23)O1. The normalized spacial score (nSPS) is 18.1. The van der Waals surface area contributed by atoms with Gasteiger partial charge in [-0.1, -0.05) is 116 Å². The number of hydrogen-bond donors (Lipinski definition) is 2. The molecule has 2 aromatic heterocycles. The van der Waals surface area contributed by atoms with Gasteiger partial charge >= 0.3 is 8.60 Å². The molecule has 0 spiro atoms. The van der Waals surface area contributed by atoms with Crippen molar-refractivity contribution in [3.63, 3.8) is 0 Å². The third-order valence-corrected chi connectivity index (χ3v) is 8.79. The Hall–Kier alpha value is -1.31. The zero-order chi connectivity index (χ0) is 28.3. The molecule has 228 valence electrons. The predicted octanol–water partition coefficient (Wildman–Crippen LogP) is 8.83. The highest BCUT2D eigenvalue weighted by molar-refractivity contribution is 7.40. The number of ether oxygens (including phenoxy) is 1. The van der Waals surface area contributed by atoms with Gasteiger partial charge in [-0.25, -0.2) is 9.50 Å². The highest BCUT2D eigenvalue weighted by Crippen LogP contribution is 2.38. The molecule has 3 atom stereocenters. The van der Waals surface area contributed by atoms with Crippen LogP contribution in [0.5, 0.6) is 0 Å². The van der Waals surface area contributed by atoms with Crippen molar-refractivity contribution in [2.75, 3.05) is 18.9 Å². The molecule has 0 aliphatic carbocycles. The summed E-state index contributed by atoms with van der Waals surface area (Å²) in [5.74, 6) is 0.456. The second-order valence-electron chi connectivity index (χ2n) is 11.4. The van der Waals surface area contributed by atoms with Crippen LogP contribution in [-0.4, -0.2) is 38.8 Å². The first-order valence-electron chi connectivity index (χ1n) is 16.2. The summed E-state index contributed by atoms with van der Waals surface area (Å²) in [6.07, 6.45) is 27.5. The lowest BCUT2D eigenvalue weighted by Crippen LogP contribution is -2.14. The summed E-state index contributed by atoms with van der Waals surface area (Å²) in [4.78, 5) is 14.1. The molecule has 0 amide bonds. The van der Waals surface area contributed by atoms with Crippen LogP contribution >= 0.6 is 8.60 Å². The fraction of sp³-hybridized carbons (Fsp3) is 0.806. The van der Waals surface area contributed by atoms with Crippen LogP contribution in [0.2, 0.25) is 0 Å². The van der Waals surface area contributed by atoms with E-state index in [-0.39, 0.29) is 12.2 Å². The molecule has 3 N–H and O–H groups in total. The van der Waals surface area contributed by atoms with Gasteiger partial charge in [-0.3, -0.25) is 0 Å². The summed E-state index contributed by atoms with van der Waals surface area (Å²) in [5.41, 5.74) is 7.68. The maximum Gasteiger partial charge on any atom is 0.329 e. The van der Waals surface area contributed by atoms with E-state index >= 15 is 0 Å². The number of nitrogens with two attached hydrogens (primary N) is 1. The Morgan fingerprint density at radius 3 is 2.02 bits per heavy atom. The molecule has 1 saturated heterocycles. The zero-order valence-electron chi connectivity index (χ0n) is 25.0. The summed E-state index contributed by atoms with van der Waals surface area (Å²) in [5, 5.41) is 4.30. The standard InChI is InChI=1S/C31H55N4O4P/c1-2-3-4-5-6-7-8-9-10-11-12-13-14-15-16-17-18-19-24-37-40(36)38-25-27-20-23-30(39-27)28-21-22-29-31(32)33-26-34-35(28)29/h21-22,26-27,30,36H,2-20,23-25H2,1H3,(H2,32,33,34). The van der Waals surface area contributed by atoms with E-state index in [1.807, 2.05) is 12.1 Å². The molecule has 0 aromatic carbocycles. The fourth-order valence-corrected chi connectivity index (χ4v) is 6.25. The van der Waals surface area contributed by atoms with Gasteiger partial charge in [-0.15, -0.1) is 0 Å². The topological polar surface area (TPSA) is 104 Å². The third-order valence-electron chi connectivity index (χ3n) is 8.02. The molecule has 1 fully saturated rings. The van der Waals surface area contributed by atoms with Crippen molar-refractivity contribution < 1.29 is 18.7 Å². The van der Waals surface area contributed by atoms with E-state index < -0.39 is 8.60 Å². The van der Waals surface area contributed by atoms with Crippen LogP contribution in [-0.2, 0) is 13.8 Å². The Morgan fingerprint density at radius 1 is 0.850 bits per heavy atom. The largest absolute Gasteiger partial charge is 0.382 e. The van der Waals surface area contributed by atoms with Crippen molar-refractivity contribution in [2.24, 2.45) is 0 Å². The van der Waals surface area contributed by atoms with Crippen LogP contribution in [0.3, 0.4) is 0 Å². The number of unbranched alkanes of at least 4 members (excludes halogenated alkanes) is 17. The van der Waals surface area contributed by atoms with E-state index in [0.717, 1.165) is 36.9 Å². The third kappa shape index (κ3) is 12.7. The van der Waals surface area contributed by atoms with E-state index in [0.29, 0.717) is 19.0 Å². The molecule has 1 aliphatic heterocycles. The summed E-state index contributed by atoms with van der Waals surface area (Å²) < 4.78 is 19.0. The van der Waals surface area contributed by atoms with Crippen LogP contribution in [0.15, 0.2) is 18.5 Å². The molecule has 2 aromatic rings. The van der Waals surface area contributed by atoms with Crippen LogP contribution in [0.25, 0.3) is 5.52 Å². The van der Waals surface area contributed by atoms with E-state index in [9.17, 15) is 4.89 Å². The summed E-state index contributed by atoms with van der Waals surface area (Å²) in [7, 11) is -1.86. The molecule has 3 heterocycles. The Bertz CT molecular complexity index is 915. The number of hydrogen-bond acceptors (Lipinski definition) is 7. The van der Waals surface area contributed by atoms with Crippen LogP contribution in [0.4, 0.5) is 5.82 Å². The van der Waals surface area contributed by atoms with Crippen molar-refractivity contribution in [1.82, 2.24) is 14.6 Å². The fourth-order valence-electron chi connectivity index (χ4n) is 5.59. The molecular weight excluding hydrogens is 523 g/mol. The molecule has 8 nitrogen and oxygen atoms in total. The molecule has 0 saturated carbocycles. The van der Waals surface area contributed by atoms with Crippen molar-refractivity contribution in [2.45, 2.75) is 148 Å². The lowest BCUT2D eigenvalue weighted by Gasteiger charge is -2.16. The Balaban J connectivity index is 1.07. The molecule has 3 rings (SSSR count). The highest BCUT2D eigenvalue weighted by Gasteiger charge is 2.30. The van der Waals surface area contributed by atoms with Gasteiger partial charge in [0, 0.05) is 0 Å². The van der Waals surface area contributed by atoms with Gasteiger partial charge in [0.2, 0.25) is 0 Å². The number of fused-ring (bicyclic) bond motifs is 1.